The van der Waals surface area contributed by atoms with Gasteiger partial charge in [0.25, 0.3) is 6.71 Å². The highest BCUT2D eigenvalue weighted by Gasteiger charge is 2.55. The molecule has 16 rings (SSSR count). The van der Waals surface area contributed by atoms with Crippen LogP contribution in [0.3, 0.4) is 0 Å². The number of aromatic nitrogens is 2. The molecule has 0 saturated heterocycles. The Kier molecular flexibility index (Phi) is 11.0. The summed E-state index contributed by atoms with van der Waals surface area (Å²) in [5.74, 6) is 0. The van der Waals surface area contributed by atoms with Gasteiger partial charge in [-0.1, -0.05) is 270 Å². The zero-order valence-corrected chi connectivity index (χ0v) is 55.2. The van der Waals surface area contributed by atoms with Crippen LogP contribution >= 0.6 is 0 Å². The lowest BCUT2D eigenvalue weighted by Gasteiger charge is -2.44. The number of hydrogen-bond acceptors (Lipinski definition) is 0. The summed E-state index contributed by atoms with van der Waals surface area (Å²) in [6, 6.07) is 71.2. The van der Waals surface area contributed by atoms with Crippen molar-refractivity contribution in [1.29, 1.82) is 0 Å². The lowest BCUT2D eigenvalue weighted by Crippen LogP contribution is -2.61. The largest absolute Gasteiger partial charge is 0.310 e. The lowest BCUT2D eigenvalue weighted by molar-refractivity contribution is 0.569. The van der Waals surface area contributed by atoms with E-state index in [0.717, 1.165) is 0 Å². The van der Waals surface area contributed by atoms with Crippen LogP contribution in [0.5, 0.6) is 0 Å². The molecule has 4 aliphatic rings. The van der Waals surface area contributed by atoms with Crippen LogP contribution in [-0.4, -0.2) is 15.8 Å². The molecule has 1 aliphatic carbocycles. The van der Waals surface area contributed by atoms with E-state index in [1.54, 1.807) is 0 Å². The molecule has 0 amide bonds. The average Bonchev–Trinajstić information content (AvgIpc) is 1.41. The minimum atomic E-state index is -0.602. The highest BCUT2D eigenvalue weighted by Crippen LogP contribution is 2.63. The molecule has 2 nitrogen and oxygen atoms in total. The van der Waals surface area contributed by atoms with E-state index in [1.165, 1.54) is 172 Å². The Hall–Kier alpha value is -8.14. The van der Waals surface area contributed by atoms with Gasteiger partial charge in [0.15, 0.2) is 0 Å². The lowest BCUT2D eigenvalue weighted by atomic mass is 9.33. The van der Waals surface area contributed by atoms with Gasteiger partial charge in [0.2, 0.25) is 0 Å². The molecule has 0 N–H and O–H groups in total. The number of fused-ring (bicyclic) bond motifs is 13. The molecule has 88 heavy (non-hydrogen) atoms. The fourth-order valence-corrected chi connectivity index (χ4v) is 16.4. The van der Waals surface area contributed by atoms with Gasteiger partial charge in [0.05, 0.1) is 22.1 Å². The average molecular weight is 1140 g/mol. The molecular weight excluding hydrogens is 1060 g/mol. The Labute approximate surface area is 522 Å². The van der Waals surface area contributed by atoms with Crippen molar-refractivity contribution < 1.29 is 0 Å². The number of hydrogen-bond donors (Lipinski definition) is 0. The highest BCUT2D eigenvalue weighted by molar-refractivity contribution is 7.01. The summed E-state index contributed by atoms with van der Waals surface area (Å²) in [6.07, 6.45) is 0. The molecule has 0 unspecified atom stereocenters. The first-order valence-electron chi connectivity index (χ1n) is 32.5. The van der Waals surface area contributed by atoms with E-state index in [2.05, 4.69) is 310 Å². The Morgan fingerprint density at radius 2 is 0.852 bits per heavy atom. The van der Waals surface area contributed by atoms with E-state index in [0.29, 0.717) is 0 Å². The molecule has 5 heterocycles. The smallest absolute Gasteiger partial charge is 0.253 e. The van der Waals surface area contributed by atoms with Crippen LogP contribution in [0, 0.1) is 0 Å². The predicted molar refractivity (Wildman–Crippen MR) is 379 cm³/mol. The molecule has 3 heteroatoms. The van der Waals surface area contributed by atoms with Crippen LogP contribution in [0.2, 0.25) is 0 Å². The summed E-state index contributed by atoms with van der Waals surface area (Å²) in [5.41, 5.74) is 33.6. The summed E-state index contributed by atoms with van der Waals surface area (Å²) in [4.78, 5) is 0. The third-order valence-corrected chi connectivity index (χ3v) is 21.2. The number of rotatable bonds is 3. The van der Waals surface area contributed by atoms with Gasteiger partial charge >= 0.3 is 0 Å². The molecule has 0 radical (unpaired) electrons. The van der Waals surface area contributed by atoms with E-state index in [9.17, 15) is 0 Å². The molecule has 10 aromatic carbocycles. The SMILES string of the molecule is CC(C)(C)c1ccc(-c2c(-c3ccc(C(C)(C)C)cc3-c3cc(C(C)(C)C)cc(C(C)(C)C)c3)c3cc4ccccc4c4c3n2-c2ccc3c5c2B4c2cc(C(C)(C)C)cc4c6cc(C(C)(C)C)cc(c6n-5c24)C32c3ccccc3-c3ccccc32)cc1. The summed E-state index contributed by atoms with van der Waals surface area (Å²) in [7, 11) is 0. The zero-order chi connectivity index (χ0) is 61.6. The van der Waals surface area contributed by atoms with Crippen molar-refractivity contribution in [2.75, 3.05) is 0 Å². The van der Waals surface area contributed by atoms with Crippen molar-refractivity contribution in [3.63, 3.8) is 0 Å². The van der Waals surface area contributed by atoms with Crippen LogP contribution in [0.1, 0.15) is 180 Å². The van der Waals surface area contributed by atoms with Crippen molar-refractivity contribution in [2.24, 2.45) is 0 Å². The fourth-order valence-electron chi connectivity index (χ4n) is 16.4. The molecular formula is C85H83BN2. The first kappa shape index (κ1) is 55.2. The Morgan fingerprint density at radius 3 is 1.45 bits per heavy atom. The van der Waals surface area contributed by atoms with Crippen LogP contribution < -0.4 is 16.4 Å². The summed E-state index contributed by atoms with van der Waals surface area (Å²) in [6.45, 7) is 42.8. The van der Waals surface area contributed by atoms with Gasteiger partial charge in [-0.25, -0.2) is 0 Å². The molecule has 12 aromatic rings. The van der Waals surface area contributed by atoms with E-state index in [4.69, 9.17) is 0 Å². The van der Waals surface area contributed by atoms with Crippen LogP contribution in [0.15, 0.2) is 176 Å². The second-order valence-electron chi connectivity index (χ2n) is 33.0. The van der Waals surface area contributed by atoms with Crippen molar-refractivity contribution >= 4 is 66.6 Å². The maximum atomic E-state index is 2.81. The Morgan fingerprint density at radius 1 is 0.318 bits per heavy atom. The van der Waals surface area contributed by atoms with Gasteiger partial charge in [-0.05, 0) is 179 Å². The third kappa shape index (κ3) is 7.43. The minimum absolute atomic E-state index is 0.0246. The summed E-state index contributed by atoms with van der Waals surface area (Å²) >= 11 is 0. The molecule has 436 valence electrons. The maximum absolute atomic E-state index is 2.81. The molecule has 2 aromatic heterocycles. The number of benzene rings is 10. The monoisotopic (exact) mass is 1140 g/mol. The van der Waals surface area contributed by atoms with Crippen LogP contribution in [-0.2, 0) is 37.9 Å². The second-order valence-corrected chi connectivity index (χ2v) is 33.0. The minimum Gasteiger partial charge on any atom is -0.310 e. The Balaban J connectivity index is 1.15. The fraction of sp³-hybridized carbons (Fsp3) is 0.294. The predicted octanol–water partition coefficient (Wildman–Crippen LogP) is 20.5. The van der Waals surface area contributed by atoms with Crippen molar-refractivity contribution in [1.82, 2.24) is 9.13 Å². The molecule has 0 fully saturated rings. The molecule has 0 bridgehead atoms. The van der Waals surface area contributed by atoms with E-state index in [1.807, 2.05) is 0 Å². The topological polar surface area (TPSA) is 9.86 Å². The third-order valence-electron chi connectivity index (χ3n) is 21.2. The van der Waals surface area contributed by atoms with Gasteiger partial charge in [0.1, 0.15) is 0 Å². The van der Waals surface area contributed by atoms with Gasteiger partial charge in [-0.3, -0.25) is 0 Å². The van der Waals surface area contributed by atoms with Gasteiger partial charge in [-0.2, -0.15) is 0 Å². The highest BCUT2D eigenvalue weighted by atomic mass is 15.1. The van der Waals surface area contributed by atoms with E-state index < -0.39 is 5.41 Å². The van der Waals surface area contributed by atoms with Crippen molar-refractivity contribution in [2.45, 2.75) is 163 Å². The molecule has 3 aliphatic heterocycles. The maximum Gasteiger partial charge on any atom is 0.253 e. The van der Waals surface area contributed by atoms with Crippen molar-refractivity contribution in [3.8, 4) is 56.0 Å². The second kappa shape index (κ2) is 17.6. The summed E-state index contributed by atoms with van der Waals surface area (Å²) < 4.78 is 5.59. The summed E-state index contributed by atoms with van der Waals surface area (Å²) in [5, 5.41) is 6.59. The Bertz CT molecular complexity index is 4980. The molecule has 0 saturated carbocycles. The van der Waals surface area contributed by atoms with Crippen LogP contribution in [0.25, 0.3) is 99.5 Å². The standard InChI is InChI=1S/C85H83BN2/c1-79(2,3)51-33-31-48(32-34-51)74-71(60-36-35-52(80(4,5)6)43-61(60)50-39-53(81(7,8)9)42-54(40-50)82(10,11)12)64-41-49-25-19-20-26-57(49)72-77(64)87(74)70-38-37-67-78-73(70)86(72)69-47-56(84(16,17)18)45-63-62-44-55(83(13,14)15)46-68(75(62)88(78)76(63)69)85(67)65-29-23-21-27-58(65)59-28-22-24-30-66(59)85/h19-47H,1-18H3. The zero-order valence-electron chi connectivity index (χ0n) is 55.2. The first-order valence-corrected chi connectivity index (χ1v) is 32.5. The van der Waals surface area contributed by atoms with Gasteiger partial charge < -0.3 is 9.13 Å². The van der Waals surface area contributed by atoms with Crippen molar-refractivity contribution in [3.05, 3.63) is 232 Å². The van der Waals surface area contributed by atoms with Gasteiger partial charge in [-0.15, -0.1) is 0 Å². The van der Waals surface area contributed by atoms with Gasteiger partial charge in [0, 0.05) is 38.6 Å². The van der Waals surface area contributed by atoms with E-state index in [-0.39, 0.29) is 39.2 Å². The van der Waals surface area contributed by atoms with E-state index >= 15 is 0 Å². The normalized spacial score (nSPS) is 14.8. The van der Waals surface area contributed by atoms with Crippen LogP contribution in [0.4, 0.5) is 0 Å². The number of nitrogens with zero attached hydrogens (tertiary/aromatic N) is 2. The first-order chi connectivity index (χ1) is 41.5. The molecule has 0 atom stereocenters. The quantitative estimate of drug-likeness (QED) is 0.156. The molecule has 1 spiro atoms.